The average Bonchev–Trinajstić information content (AvgIpc) is 2.94. The zero-order valence-corrected chi connectivity index (χ0v) is 14.6. The van der Waals surface area contributed by atoms with Gasteiger partial charge in [0.25, 0.3) is 5.91 Å². The first kappa shape index (κ1) is 16.9. The maximum atomic E-state index is 12.3. The Morgan fingerprint density at radius 2 is 2.29 bits per heavy atom. The standard InChI is InChI=1S/C17H22N4O2S/c1-11-20-14-9-12(4-5-15(14)24-11)17(23)19-6-8-21-7-2-3-13(10-21)16(18)22/h4-5,9,13H,2-3,6-8,10H2,1H3,(H2,18,22)(H,19,23). The van der Waals surface area contributed by atoms with E-state index in [1.54, 1.807) is 11.3 Å². The summed E-state index contributed by atoms with van der Waals surface area (Å²) in [7, 11) is 0. The van der Waals surface area contributed by atoms with Gasteiger partial charge in [0.05, 0.1) is 21.1 Å². The molecule has 1 unspecified atom stereocenters. The Hall–Kier alpha value is -1.99. The second-order valence-corrected chi connectivity index (χ2v) is 7.45. The van der Waals surface area contributed by atoms with Crippen molar-refractivity contribution in [3.8, 4) is 0 Å². The lowest BCUT2D eigenvalue weighted by molar-refractivity contribution is -0.123. The maximum Gasteiger partial charge on any atom is 0.251 e. The summed E-state index contributed by atoms with van der Waals surface area (Å²) in [6.07, 6.45) is 1.84. The van der Waals surface area contributed by atoms with Gasteiger partial charge in [-0.1, -0.05) is 0 Å². The molecule has 7 heteroatoms. The fourth-order valence-corrected chi connectivity index (χ4v) is 3.91. The molecule has 3 N–H and O–H groups in total. The van der Waals surface area contributed by atoms with Gasteiger partial charge in [-0.15, -0.1) is 11.3 Å². The largest absolute Gasteiger partial charge is 0.369 e. The van der Waals surface area contributed by atoms with Crippen molar-refractivity contribution in [1.29, 1.82) is 0 Å². The van der Waals surface area contributed by atoms with Crippen LogP contribution in [0.4, 0.5) is 0 Å². The molecule has 24 heavy (non-hydrogen) atoms. The summed E-state index contributed by atoms with van der Waals surface area (Å²) < 4.78 is 1.09. The molecule has 3 rings (SSSR count). The van der Waals surface area contributed by atoms with Crippen LogP contribution >= 0.6 is 11.3 Å². The number of benzene rings is 1. The highest BCUT2D eigenvalue weighted by Crippen LogP contribution is 2.22. The van der Waals surface area contributed by atoms with Gasteiger partial charge in [-0.05, 0) is 44.5 Å². The molecule has 1 aliphatic heterocycles. The SMILES string of the molecule is Cc1nc2cc(C(=O)NCCN3CCCC(C(N)=O)C3)ccc2s1. The van der Waals surface area contributed by atoms with Crippen LogP contribution in [0.3, 0.4) is 0 Å². The first-order valence-corrected chi connectivity index (χ1v) is 9.01. The molecule has 1 atom stereocenters. The molecule has 1 aliphatic rings. The minimum absolute atomic E-state index is 0.0650. The quantitative estimate of drug-likeness (QED) is 0.859. The van der Waals surface area contributed by atoms with Gasteiger partial charge >= 0.3 is 0 Å². The van der Waals surface area contributed by atoms with Crippen LogP contribution in [-0.2, 0) is 4.79 Å². The molecule has 128 valence electrons. The third kappa shape index (κ3) is 3.91. The first-order valence-electron chi connectivity index (χ1n) is 8.20. The van der Waals surface area contributed by atoms with Crippen LogP contribution in [0.2, 0.25) is 0 Å². The second-order valence-electron chi connectivity index (χ2n) is 6.21. The maximum absolute atomic E-state index is 12.3. The summed E-state index contributed by atoms with van der Waals surface area (Å²) in [4.78, 5) is 30.2. The molecule has 0 aliphatic carbocycles. The van der Waals surface area contributed by atoms with E-state index >= 15 is 0 Å². The number of hydrogen-bond donors (Lipinski definition) is 2. The summed E-state index contributed by atoms with van der Waals surface area (Å²) in [5.74, 6) is -0.383. The van der Waals surface area contributed by atoms with E-state index in [0.29, 0.717) is 18.7 Å². The van der Waals surface area contributed by atoms with Gasteiger partial charge in [0.2, 0.25) is 5.91 Å². The number of amides is 2. The van der Waals surface area contributed by atoms with E-state index < -0.39 is 0 Å². The van der Waals surface area contributed by atoms with Gasteiger partial charge in [0, 0.05) is 25.2 Å². The molecular formula is C17H22N4O2S. The average molecular weight is 346 g/mol. The third-order valence-electron chi connectivity index (χ3n) is 4.38. The van der Waals surface area contributed by atoms with Crippen molar-refractivity contribution in [1.82, 2.24) is 15.2 Å². The number of primary amides is 1. The Balaban J connectivity index is 1.52. The number of carbonyl (C=O) groups excluding carboxylic acids is 2. The van der Waals surface area contributed by atoms with Crippen molar-refractivity contribution in [2.75, 3.05) is 26.2 Å². The Morgan fingerprint density at radius 1 is 1.46 bits per heavy atom. The minimum atomic E-state index is -0.226. The number of nitrogens with one attached hydrogen (secondary N) is 1. The van der Waals surface area contributed by atoms with Crippen LogP contribution in [0.15, 0.2) is 18.2 Å². The number of piperidine rings is 1. The van der Waals surface area contributed by atoms with Crippen molar-refractivity contribution in [2.24, 2.45) is 11.7 Å². The molecule has 2 heterocycles. The Kier molecular flexibility index (Phi) is 5.11. The van der Waals surface area contributed by atoms with Gasteiger partial charge in [0.1, 0.15) is 0 Å². The van der Waals surface area contributed by atoms with Crippen LogP contribution in [0.1, 0.15) is 28.2 Å². The molecule has 2 aromatic rings. The van der Waals surface area contributed by atoms with E-state index in [1.165, 1.54) is 0 Å². The monoisotopic (exact) mass is 346 g/mol. The molecule has 1 aromatic heterocycles. The lowest BCUT2D eigenvalue weighted by Crippen LogP contribution is -2.44. The van der Waals surface area contributed by atoms with Crippen molar-refractivity contribution < 1.29 is 9.59 Å². The van der Waals surface area contributed by atoms with Gasteiger partial charge in [-0.25, -0.2) is 4.98 Å². The lowest BCUT2D eigenvalue weighted by atomic mass is 9.97. The Morgan fingerprint density at radius 3 is 3.08 bits per heavy atom. The van der Waals surface area contributed by atoms with Gasteiger partial charge < -0.3 is 16.0 Å². The lowest BCUT2D eigenvalue weighted by Gasteiger charge is -2.31. The number of nitrogens with zero attached hydrogens (tertiary/aromatic N) is 2. The summed E-state index contributed by atoms with van der Waals surface area (Å²) in [5.41, 5.74) is 6.88. The minimum Gasteiger partial charge on any atom is -0.369 e. The predicted octanol–water partition coefficient (Wildman–Crippen LogP) is 1.53. The Labute approximate surface area is 145 Å². The summed E-state index contributed by atoms with van der Waals surface area (Å²) in [5, 5.41) is 3.94. The molecule has 1 fully saturated rings. The molecule has 0 radical (unpaired) electrons. The molecule has 6 nitrogen and oxygen atoms in total. The highest BCUT2D eigenvalue weighted by molar-refractivity contribution is 7.18. The van der Waals surface area contributed by atoms with Crippen molar-refractivity contribution in [3.63, 3.8) is 0 Å². The number of thiazole rings is 1. The number of likely N-dealkylation sites (tertiary alicyclic amines) is 1. The van der Waals surface area contributed by atoms with E-state index in [4.69, 9.17) is 5.73 Å². The third-order valence-corrected chi connectivity index (χ3v) is 5.33. The smallest absolute Gasteiger partial charge is 0.251 e. The van der Waals surface area contributed by atoms with Crippen molar-refractivity contribution in [2.45, 2.75) is 19.8 Å². The highest BCUT2D eigenvalue weighted by Gasteiger charge is 2.23. The van der Waals surface area contributed by atoms with Crippen LogP contribution in [0, 0.1) is 12.8 Å². The van der Waals surface area contributed by atoms with E-state index in [-0.39, 0.29) is 17.7 Å². The van der Waals surface area contributed by atoms with Crippen LogP contribution < -0.4 is 11.1 Å². The molecule has 0 bridgehead atoms. The van der Waals surface area contributed by atoms with Crippen LogP contribution in [-0.4, -0.2) is 47.9 Å². The predicted molar refractivity (Wildman–Crippen MR) is 95.0 cm³/mol. The van der Waals surface area contributed by atoms with Crippen LogP contribution in [0.25, 0.3) is 10.2 Å². The van der Waals surface area contributed by atoms with Crippen molar-refractivity contribution >= 4 is 33.4 Å². The van der Waals surface area contributed by atoms with E-state index in [9.17, 15) is 9.59 Å². The number of carbonyl (C=O) groups is 2. The van der Waals surface area contributed by atoms with Crippen molar-refractivity contribution in [3.05, 3.63) is 28.8 Å². The van der Waals surface area contributed by atoms with Gasteiger partial charge in [-0.3, -0.25) is 9.59 Å². The van der Waals surface area contributed by atoms with Gasteiger partial charge in [0.15, 0.2) is 0 Å². The topological polar surface area (TPSA) is 88.3 Å². The molecule has 0 saturated carbocycles. The van der Waals surface area contributed by atoms with Crippen LogP contribution in [0.5, 0.6) is 0 Å². The molecule has 2 amide bonds. The number of aromatic nitrogens is 1. The highest BCUT2D eigenvalue weighted by atomic mass is 32.1. The zero-order chi connectivity index (χ0) is 17.1. The first-order chi connectivity index (χ1) is 11.5. The molecular weight excluding hydrogens is 324 g/mol. The number of fused-ring (bicyclic) bond motifs is 1. The summed E-state index contributed by atoms with van der Waals surface area (Å²) >= 11 is 1.62. The fourth-order valence-electron chi connectivity index (χ4n) is 3.10. The fraction of sp³-hybridized carbons (Fsp3) is 0.471. The van der Waals surface area contributed by atoms with E-state index in [2.05, 4.69) is 15.2 Å². The number of rotatable bonds is 5. The normalized spacial score (nSPS) is 18.6. The molecule has 1 saturated heterocycles. The zero-order valence-electron chi connectivity index (χ0n) is 13.7. The Bertz CT molecular complexity index is 758. The number of nitrogens with two attached hydrogens (primary N) is 1. The van der Waals surface area contributed by atoms with Gasteiger partial charge in [-0.2, -0.15) is 0 Å². The number of aryl methyl sites for hydroxylation is 1. The molecule has 1 aromatic carbocycles. The van der Waals surface area contributed by atoms with E-state index in [1.807, 2.05) is 25.1 Å². The van der Waals surface area contributed by atoms with E-state index in [0.717, 1.165) is 41.2 Å². The number of hydrogen-bond acceptors (Lipinski definition) is 5. The summed E-state index contributed by atoms with van der Waals surface area (Å²) in [6.45, 7) is 4.88. The summed E-state index contributed by atoms with van der Waals surface area (Å²) in [6, 6.07) is 5.61. The molecule has 0 spiro atoms. The second kappa shape index (κ2) is 7.27.